The lowest BCUT2D eigenvalue weighted by Gasteiger charge is -2.11. The van der Waals surface area contributed by atoms with Gasteiger partial charge in [0.25, 0.3) is 0 Å². The Balaban J connectivity index is 2.17. The zero-order valence-corrected chi connectivity index (χ0v) is 13.9. The van der Waals surface area contributed by atoms with Crippen LogP contribution in [0.1, 0.15) is 38.9 Å². The highest BCUT2D eigenvalue weighted by atomic mass is 19.4. The Bertz CT molecular complexity index is 859. The van der Waals surface area contributed by atoms with Crippen LogP contribution < -0.4 is 5.73 Å². The Morgan fingerprint density at radius 2 is 1.96 bits per heavy atom. The van der Waals surface area contributed by atoms with Crippen LogP contribution in [0, 0.1) is 12.7 Å². The van der Waals surface area contributed by atoms with E-state index in [9.17, 15) is 27.2 Å². The summed E-state index contributed by atoms with van der Waals surface area (Å²) in [5.74, 6) is -3.76. The zero-order chi connectivity index (χ0) is 19.6. The van der Waals surface area contributed by atoms with Crippen LogP contribution in [-0.4, -0.2) is 28.1 Å². The molecule has 140 valence electrons. The third-order valence-electron chi connectivity index (χ3n) is 3.61. The van der Waals surface area contributed by atoms with Gasteiger partial charge in [0.05, 0.1) is 16.8 Å². The molecule has 0 aliphatic heterocycles. The van der Waals surface area contributed by atoms with E-state index in [0.29, 0.717) is 12.6 Å². The Hall–Kier alpha value is -2.91. The summed E-state index contributed by atoms with van der Waals surface area (Å²) in [5, 5.41) is 4.01. The van der Waals surface area contributed by atoms with Gasteiger partial charge in [-0.15, -0.1) is 0 Å². The van der Waals surface area contributed by atoms with E-state index in [-0.39, 0.29) is 17.1 Å². The Morgan fingerprint density at radius 3 is 2.50 bits per heavy atom. The predicted octanol–water partition coefficient (Wildman–Crippen LogP) is 2.99. The second kappa shape index (κ2) is 7.14. The zero-order valence-electron chi connectivity index (χ0n) is 13.9. The number of Topliss-reactive ketones (excluding diaryl/α,β-unsaturated/α-hetero) is 1. The van der Waals surface area contributed by atoms with Crippen molar-refractivity contribution in [3.63, 3.8) is 0 Å². The highest BCUT2D eigenvalue weighted by Crippen LogP contribution is 2.32. The van der Waals surface area contributed by atoms with Crippen LogP contribution in [0.25, 0.3) is 0 Å². The van der Waals surface area contributed by atoms with Crippen LogP contribution >= 0.6 is 0 Å². The highest BCUT2D eigenvalue weighted by molar-refractivity contribution is 6.01. The molecule has 10 heteroatoms. The fraction of sp³-hybridized carbons (Fsp3) is 0.312. The van der Waals surface area contributed by atoms with E-state index in [1.165, 1.54) is 11.6 Å². The summed E-state index contributed by atoms with van der Waals surface area (Å²) >= 11 is 0. The summed E-state index contributed by atoms with van der Waals surface area (Å²) in [5.41, 5.74) is 3.58. The maximum absolute atomic E-state index is 13.9. The normalized spacial score (nSPS) is 11.5. The number of benzene rings is 1. The van der Waals surface area contributed by atoms with Gasteiger partial charge in [-0.05, 0) is 26.0 Å². The monoisotopic (exact) mass is 373 g/mol. The van der Waals surface area contributed by atoms with Crippen LogP contribution in [-0.2, 0) is 17.5 Å². The van der Waals surface area contributed by atoms with E-state index in [0.717, 1.165) is 12.1 Å². The highest BCUT2D eigenvalue weighted by Gasteiger charge is 2.35. The third kappa shape index (κ3) is 3.68. The second-order valence-electron chi connectivity index (χ2n) is 5.33. The first kappa shape index (κ1) is 19.4. The van der Waals surface area contributed by atoms with E-state index in [1.807, 2.05) is 0 Å². The van der Waals surface area contributed by atoms with Crippen LogP contribution in [0.3, 0.4) is 0 Å². The number of anilines is 1. The maximum Gasteiger partial charge on any atom is 0.419 e. The van der Waals surface area contributed by atoms with Crippen molar-refractivity contribution in [1.82, 2.24) is 9.78 Å². The van der Waals surface area contributed by atoms with Crippen LogP contribution in [0.2, 0.25) is 0 Å². The number of hydrogen-bond acceptors (Lipinski definition) is 5. The Labute approximate surface area is 145 Å². The van der Waals surface area contributed by atoms with E-state index < -0.39 is 41.5 Å². The number of nitrogen functional groups attached to an aromatic ring is 1. The van der Waals surface area contributed by atoms with E-state index >= 15 is 0 Å². The molecule has 0 fully saturated rings. The lowest BCUT2D eigenvalue weighted by atomic mass is 10.1. The van der Waals surface area contributed by atoms with E-state index in [2.05, 4.69) is 5.10 Å². The summed E-state index contributed by atoms with van der Waals surface area (Å²) in [6, 6.07) is 2.30. The minimum atomic E-state index is -4.95. The fourth-order valence-electron chi connectivity index (χ4n) is 2.34. The molecule has 0 bridgehead atoms. The first-order chi connectivity index (χ1) is 12.1. The third-order valence-corrected chi connectivity index (χ3v) is 3.61. The number of ketones is 1. The summed E-state index contributed by atoms with van der Waals surface area (Å²) < 4.78 is 58.1. The van der Waals surface area contributed by atoms with E-state index in [1.54, 1.807) is 6.92 Å². The molecule has 0 aliphatic rings. The predicted molar refractivity (Wildman–Crippen MR) is 83.1 cm³/mol. The molecule has 2 aromatic rings. The van der Waals surface area contributed by atoms with Crippen molar-refractivity contribution in [2.24, 2.45) is 0 Å². The molecule has 0 saturated heterocycles. The van der Waals surface area contributed by atoms with Gasteiger partial charge in [-0.1, -0.05) is 6.07 Å². The van der Waals surface area contributed by atoms with Gasteiger partial charge in [0.2, 0.25) is 5.78 Å². The van der Waals surface area contributed by atoms with Crippen molar-refractivity contribution in [3.8, 4) is 0 Å². The van der Waals surface area contributed by atoms with Crippen molar-refractivity contribution in [1.29, 1.82) is 0 Å². The van der Waals surface area contributed by atoms with Crippen LogP contribution in [0.4, 0.5) is 23.4 Å². The van der Waals surface area contributed by atoms with Crippen molar-refractivity contribution in [2.75, 3.05) is 12.3 Å². The number of rotatable bonds is 5. The van der Waals surface area contributed by atoms with Gasteiger partial charge in [0.1, 0.15) is 17.2 Å². The van der Waals surface area contributed by atoms with Crippen molar-refractivity contribution < 1.29 is 31.9 Å². The van der Waals surface area contributed by atoms with E-state index in [4.69, 9.17) is 10.5 Å². The quantitative estimate of drug-likeness (QED) is 0.495. The molecule has 0 spiro atoms. The molecule has 2 N–H and O–H groups in total. The minimum absolute atomic E-state index is 0.0349. The molecule has 0 amide bonds. The molecule has 1 heterocycles. The van der Waals surface area contributed by atoms with Gasteiger partial charge in [0.15, 0.2) is 6.61 Å². The molecule has 0 saturated carbocycles. The van der Waals surface area contributed by atoms with Crippen LogP contribution in [0.5, 0.6) is 0 Å². The first-order valence-electron chi connectivity index (χ1n) is 7.46. The standard InChI is InChI=1S/C16H15F4N3O3/c1-3-23-14(21)12(8(2)22-23)15(25)26-7-11(24)9-5-4-6-10(13(9)17)16(18,19)20/h4-6H,3,7,21H2,1-2H3. The molecule has 0 aliphatic carbocycles. The summed E-state index contributed by atoms with van der Waals surface area (Å²) in [7, 11) is 0. The van der Waals surface area contributed by atoms with Gasteiger partial charge in [-0.25, -0.2) is 13.9 Å². The maximum atomic E-state index is 13.9. The number of nitrogens with two attached hydrogens (primary N) is 1. The van der Waals surface area contributed by atoms with Crippen molar-refractivity contribution in [3.05, 3.63) is 46.4 Å². The number of carbonyl (C=O) groups is 2. The topological polar surface area (TPSA) is 87.2 Å². The molecule has 6 nitrogen and oxygen atoms in total. The Morgan fingerprint density at radius 1 is 1.31 bits per heavy atom. The lowest BCUT2D eigenvalue weighted by Crippen LogP contribution is -2.18. The number of hydrogen-bond donors (Lipinski definition) is 1. The molecule has 1 aromatic heterocycles. The Kier molecular flexibility index (Phi) is 5.33. The summed E-state index contributed by atoms with van der Waals surface area (Å²) in [4.78, 5) is 24.1. The molecule has 0 radical (unpaired) electrons. The van der Waals surface area contributed by atoms with Gasteiger partial charge in [-0.3, -0.25) is 4.79 Å². The van der Waals surface area contributed by atoms with Gasteiger partial charge in [-0.2, -0.15) is 18.3 Å². The molecule has 2 rings (SSSR count). The fourth-order valence-corrected chi connectivity index (χ4v) is 2.34. The molecular weight excluding hydrogens is 358 g/mol. The molecule has 1 aromatic carbocycles. The number of carbonyl (C=O) groups excluding carboxylic acids is 2. The minimum Gasteiger partial charge on any atom is -0.454 e. The number of alkyl halides is 3. The van der Waals surface area contributed by atoms with Crippen molar-refractivity contribution >= 4 is 17.6 Å². The molecular formula is C16H15F4N3O3. The number of esters is 1. The number of ether oxygens (including phenoxy) is 1. The largest absolute Gasteiger partial charge is 0.454 e. The summed E-state index contributed by atoms with van der Waals surface area (Å²) in [6.07, 6.45) is -4.95. The number of aryl methyl sites for hydroxylation is 2. The van der Waals surface area contributed by atoms with Crippen molar-refractivity contribution in [2.45, 2.75) is 26.6 Å². The average Bonchev–Trinajstić information content (AvgIpc) is 2.85. The van der Waals surface area contributed by atoms with Gasteiger partial charge in [0, 0.05) is 6.54 Å². The molecule has 26 heavy (non-hydrogen) atoms. The number of aromatic nitrogens is 2. The number of nitrogens with zero attached hydrogens (tertiary/aromatic N) is 2. The van der Waals surface area contributed by atoms with Crippen LogP contribution in [0.15, 0.2) is 18.2 Å². The molecule has 0 atom stereocenters. The number of halogens is 4. The SMILES string of the molecule is CCn1nc(C)c(C(=O)OCC(=O)c2cccc(C(F)(F)F)c2F)c1N. The summed E-state index contributed by atoms with van der Waals surface area (Å²) in [6.45, 7) is 2.72. The first-order valence-corrected chi connectivity index (χ1v) is 7.46. The second-order valence-corrected chi connectivity index (χ2v) is 5.33. The lowest BCUT2D eigenvalue weighted by molar-refractivity contribution is -0.140. The molecule has 0 unspecified atom stereocenters. The van der Waals surface area contributed by atoms with Gasteiger partial charge >= 0.3 is 12.1 Å². The smallest absolute Gasteiger partial charge is 0.419 e. The average molecular weight is 373 g/mol. The van der Waals surface area contributed by atoms with Gasteiger partial charge < -0.3 is 10.5 Å².